The standard InChI is InChI=1S/C13H12N2O4S/c16-12(15-4-3-8(7-15)13(17)18)9-6-10(19-14-9)11-2-1-5-20-11/h1-2,5-6,8H,3-4,7H2,(H,17,18). The van der Waals surface area contributed by atoms with E-state index in [0.717, 1.165) is 4.88 Å². The van der Waals surface area contributed by atoms with Gasteiger partial charge in [0.25, 0.3) is 5.91 Å². The zero-order valence-corrected chi connectivity index (χ0v) is 11.3. The maximum Gasteiger partial charge on any atom is 0.308 e. The molecule has 1 fully saturated rings. The normalized spacial score (nSPS) is 18.4. The van der Waals surface area contributed by atoms with Crippen molar-refractivity contribution in [3.63, 3.8) is 0 Å². The van der Waals surface area contributed by atoms with Crippen LogP contribution in [-0.4, -0.2) is 40.1 Å². The highest BCUT2D eigenvalue weighted by Crippen LogP contribution is 2.26. The molecular formula is C13H12N2O4S. The fourth-order valence-electron chi connectivity index (χ4n) is 2.22. The molecule has 0 aromatic carbocycles. The smallest absolute Gasteiger partial charge is 0.308 e. The number of carboxylic acids is 1. The molecule has 3 rings (SSSR count). The quantitative estimate of drug-likeness (QED) is 0.934. The lowest BCUT2D eigenvalue weighted by Crippen LogP contribution is -2.30. The lowest BCUT2D eigenvalue weighted by atomic mass is 10.1. The third-order valence-corrected chi connectivity index (χ3v) is 4.20. The molecule has 1 aliphatic rings. The largest absolute Gasteiger partial charge is 0.481 e. The van der Waals surface area contributed by atoms with Gasteiger partial charge in [0.1, 0.15) is 0 Å². The molecule has 2 aromatic rings. The number of carbonyl (C=O) groups excluding carboxylic acids is 1. The Bertz CT molecular complexity index is 635. The maximum atomic E-state index is 12.2. The highest BCUT2D eigenvalue weighted by molar-refractivity contribution is 7.13. The summed E-state index contributed by atoms with van der Waals surface area (Å²) in [5.74, 6) is -1.07. The second kappa shape index (κ2) is 5.09. The van der Waals surface area contributed by atoms with E-state index in [2.05, 4.69) is 5.16 Å². The van der Waals surface area contributed by atoms with Crippen LogP contribution in [-0.2, 0) is 4.79 Å². The van der Waals surface area contributed by atoms with Crippen LogP contribution in [0.2, 0.25) is 0 Å². The number of aromatic nitrogens is 1. The van der Waals surface area contributed by atoms with Gasteiger partial charge in [0.05, 0.1) is 10.8 Å². The van der Waals surface area contributed by atoms with Crippen molar-refractivity contribution in [3.8, 4) is 10.6 Å². The molecule has 2 aromatic heterocycles. The van der Waals surface area contributed by atoms with E-state index < -0.39 is 11.9 Å². The van der Waals surface area contributed by atoms with Crippen molar-refractivity contribution in [2.24, 2.45) is 5.92 Å². The molecule has 7 heteroatoms. The molecule has 1 saturated heterocycles. The topological polar surface area (TPSA) is 83.6 Å². The first-order valence-electron chi connectivity index (χ1n) is 6.18. The Morgan fingerprint density at radius 1 is 1.50 bits per heavy atom. The van der Waals surface area contributed by atoms with E-state index in [1.807, 2.05) is 17.5 Å². The van der Waals surface area contributed by atoms with E-state index in [4.69, 9.17) is 9.63 Å². The van der Waals surface area contributed by atoms with E-state index in [1.54, 1.807) is 6.07 Å². The number of aliphatic carboxylic acids is 1. The third kappa shape index (κ3) is 2.32. The van der Waals surface area contributed by atoms with Crippen LogP contribution in [0.1, 0.15) is 16.9 Å². The van der Waals surface area contributed by atoms with E-state index in [1.165, 1.54) is 16.2 Å². The predicted octanol–water partition coefficient (Wildman–Crippen LogP) is 1.95. The van der Waals surface area contributed by atoms with E-state index in [0.29, 0.717) is 18.7 Å². The van der Waals surface area contributed by atoms with Crippen molar-refractivity contribution < 1.29 is 19.2 Å². The Morgan fingerprint density at radius 3 is 3.00 bits per heavy atom. The maximum absolute atomic E-state index is 12.2. The lowest BCUT2D eigenvalue weighted by Gasteiger charge is -2.13. The minimum Gasteiger partial charge on any atom is -0.481 e. The van der Waals surface area contributed by atoms with Crippen molar-refractivity contribution in [1.82, 2.24) is 10.1 Å². The summed E-state index contributed by atoms with van der Waals surface area (Å²) >= 11 is 1.50. The van der Waals surface area contributed by atoms with Gasteiger partial charge >= 0.3 is 5.97 Å². The van der Waals surface area contributed by atoms with Crippen LogP contribution in [0.3, 0.4) is 0 Å². The van der Waals surface area contributed by atoms with Crippen LogP contribution >= 0.6 is 11.3 Å². The number of hydrogen-bond donors (Lipinski definition) is 1. The summed E-state index contributed by atoms with van der Waals surface area (Å²) in [5.41, 5.74) is 0.222. The lowest BCUT2D eigenvalue weighted by molar-refractivity contribution is -0.141. The summed E-state index contributed by atoms with van der Waals surface area (Å²) in [6.45, 7) is 0.673. The van der Waals surface area contributed by atoms with Crippen LogP contribution in [0, 0.1) is 5.92 Å². The number of carboxylic acid groups (broad SMARTS) is 1. The van der Waals surface area contributed by atoms with Crippen molar-refractivity contribution in [2.75, 3.05) is 13.1 Å². The van der Waals surface area contributed by atoms with E-state index >= 15 is 0 Å². The van der Waals surface area contributed by atoms with Crippen molar-refractivity contribution in [3.05, 3.63) is 29.3 Å². The Morgan fingerprint density at radius 2 is 2.35 bits per heavy atom. The molecule has 0 bridgehead atoms. The summed E-state index contributed by atoms with van der Waals surface area (Å²) < 4.78 is 5.16. The Kier molecular flexibility index (Phi) is 3.27. The second-order valence-corrected chi connectivity index (χ2v) is 5.58. The predicted molar refractivity (Wildman–Crippen MR) is 71.5 cm³/mol. The van der Waals surface area contributed by atoms with Gasteiger partial charge in [0.15, 0.2) is 11.5 Å². The molecule has 6 nitrogen and oxygen atoms in total. The van der Waals surface area contributed by atoms with Gasteiger partial charge < -0.3 is 14.5 Å². The Hall–Kier alpha value is -2.15. The minimum atomic E-state index is -0.861. The monoisotopic (exact) mass is 292 g/mol. The fourth-order valence-corrected chi connectivity index (χ4v) is 2.89. The van der Waals surface area contributed by atoms with E-state index in [-0.39, 0.29) is 18.1 Å². The minimum absolute atomic E-state index is 0.222. The zero-order valence-electron chi connectivity index (χ0n) is 10.5. The van der Waals surface area contributed by atoms with Crippen molar-refractivity contribution in [1.29, 1.82) is 0 Å². The average Bonchev–Trinajstić information content (AvgIpc) is 3.17. The number of carbonyl (C=O) groups is 2. The Balaban J connectivity index is 1.74. The molecular weight excluding hydrogens is 280 g/mol. The molecule has 0 aliphatic carbocycles. The molecule has 104 valence electrons. The van der Waals surface area contributed by atoms with Crippen molar-refractivity contribution >= 4 is 23.2 Å². The molecule has 1 N–H and O–H groups in total. The summed E-state index contributed by atoms with van der Waals surface area (Å²) in [4.78, 5) is 25.5. The summed E-state index contributed by atoms with van der Waals surface area (Å²) in [7, 11) is 0. The number of amides is 1. The molecule has 3 heterocycles. The SMILES string of the molecule is O=C(O)C1CCN(C(=O)c2cc(-c3cccs3)on2)C1. The van der Waals surface area contributed by atoms with Crippen LogP contribution in [0.5, 0.6) is 0 Å². The van der Waals surface area contributed by atoms with Crippen molar-refractivity contribution in [2.45, 2.75) is 6.42 Å². The van der Waals surface area contributed by atoms with Crippen LogP contribution in [0.15, 0.2) is 28.1 Å². The summed E-state index contributed by atoms with van der Waals surface area (Å²) in [5, 5.41) is 14.6. The fraction of sp³-hybridized carbons (Fsp3) is 0.308. The molecule has 0 saturated carbocycles. The number of nitrogens with zero attached hydrogens (tertiary/aromatic N) is 2. The van der Waals surface area contributed by atoms with Crippen LogP contribution < -0.4 is 0 Å². The van der Waals surface area contributed by atoms with E-state index in [9.17, 15) is 9.59 Å². The van der Waals surface area contributed by atoms with Gasteiger partial charge in [-0.1, -0.05) is 11.2 Å². The van der Waals surface area contributed by atoms with Gasteiger partial charge in [0, 0.05) is 19.2 Å². The van der Waals surface area contributed by atoms with Gasteiger partial charge in [-0.05, 0) is 17.9 Å². The van der Waals surface area contributed by atoms with Gasteiger partial charge in [-0.15, -0.1) is 11.3 Å². The molecule has 1 unspecified atom stereocenters. The van der Waals surface area contributed by atoms with Gasteiger partial charge in [-0.25, -0.2) is 0 Å². The summed E-state index contributed by atoms with van der Waals surface area (Å²) in [6, 6.07) is 5.37. The van der Waals surface area contributed by atoms with Crippen LogP contribution in [0.4, 0.5) is 0 Å². The average molecular weight is 292 g/mol. The highest BCUT2D eigenvalue weighted by Gasteiger charge is 2.32. The first-order valence-corrected chi connectivity index (χ1v) is 7.06. The van der Waals surface area contributed by atoms with Gasteiger partial charge in [-0.2, -0.15) is 0 Å². The first kappa shape index (κ1) is 12.9. The second-order valence-electron chi connectivity index (χ2n) is 4.63. The van der Waals surface area contributed by atoms with Crippen LogP contribution in [0.25, 0.3) is 10.6 Å². The first-order chi connectivity index (χ1) is 9.65. The highest BCUT2D eigenvalue weighted by atomic mass is 32.1. The van der Waals surface area contributed by atoms with Gasteiger partial charge in [-0.3, -0.25) is 9.59 Å². The molecule has 0 radical (unpaired) electrons. The molecule has 1 amide bonds. The molecule has 20 heavy (non-hydrogen) atoms. The number of thiophene rings is 1. The van der Waals surface area contributed by atoms with Gasteiger partial charge in [0.2, 0.25) is 0 Å². The molecule has 1 atom stereocenters. The number of rotatable bonds is 3. The Labute approximate surface area is 118 Å². The molecule has 0 spiro atoms. The number of likely N-dealkylation sites (tertiary alicyclic amines) is 1. The zero-order chi connectivity index (χ0) is 14.1. The molecule has 1 aliphatic heterocycles. The third-order valence-electron chi connectivity index (χ3n) is 3.32. The summed E-state index contributed by atoms with van der Waals surface area (Å²) in [6.07, 6.45) is 0.483. The number of hydrogen-bond acceptors (Lipinski definition) is 5.